The van der Waals surface area contributed by atoms with E-state index in [0.717, 1.165) is 15.9 Å². The van der Waals surface area contributed by atoms with Crippen molar-refractivity contribution in [1.29, 1.82) is 0 Å². The van der Waals surface area contributed by atoms with Crippen LogP contribution < -0.4 is 5.32 Å². The summed E-state index contributed by atoms with van der Waals surface area (Å²) in [5, 5.41) is 2.91. The average Bonchev–Trinajstić information content (AvgIpc) is 2.89. The van der Waals surface area contributed by atoms with Crippen molar-refractivity contribution in [3.63, 3.8) is 0 Å². The zero-order chi connectivity index (χ0) is 13.4. The molecule has 0 unspecified atom stereocenters. The van der Waals surface area contributed by atoms with E-state index in [1.54, 1.807) is 11.3 Å². The number of carbonyl (C=O) groups is 1. The number of para-hydroxylation sites is 1. The molecular formula is C15H14N2OS. The van der Waals surface area contributed by atoms with Crippen LogP contribution in [0.25, 0.3) is 10.2 Å². The van der Waals surface area contributed by atoms with E-state index in [1.165, 1.54) is 4.88 Å². The first kappa shape index (κ1) is 12.0. The number of rotatable bonds is 2. The third kappa shape index (κ3) is 2.15. The number of carbonyl (C=O) groups excluding carboxylic acids is 1. The second-order valence-corrected chi connectivity index (χ2v) is 5.80. The first-order valence-corrected chi connectivity index (χ1v) is 6.89. The van der Waals surface area contributed by atoms with Gasteiger partial charge in [-0.3, -0.25) is 4.79 Å². The predicted octanol–water partition coefficient (Wildman–Crippen LogP) is 3.80. The van der Waals surface area contributed by atoms with Gasteiger partial charge in [0.2, 0.25) is 0 Å². The van der Waals surface area contributed by atoms with Crippen LogP contribution in [0.2, 0.25) is 0 Å². The zero-order valence-electron chi connectivity index (χ0n) is 10.8. The van der Waals surface area contributed by atoms with Crippen LogP contribution >= 0.6 is 11.3 Å². The van der Waals surface area contributed by atoms with Gasteiger partial charge in [-0.15, -0.1) is 11.3 Å². The quantitative estimate of drug-likeness (QED) is 0.755. The van der Waals surface area contributed by atoms with Gasteiger partial charge in [0.05, 0.1) is 10.2 Å². The SMILES string of the molecule is Cc1cc2c(cc(C(=O)Nc3ccccc3)n2C)s1. The number of anilines is 1. The van der Waals surface area contributed by atoms with Gasteiger partial charge in [0.15, 0.2) is 0 Å². The first-order valence-electron chi connectivity index (χ1n) is 6.07. The Morgan fingerprint density at radius 2 is 1.95 bits per heavy atom. The van der Waals surface area contributed by atoms with Gasteiger partial charge in [-0.05, 0) is 31.2 Å². The third-order valence-electron chi connectivity index (χ3n) is 3.12. The minimum atomic E-state index is -0.0743. The van der Waals surface area contributed by atoms with Crippen LogP contribution in [0.3, 0.4) is 0 Å². The summed E-state index contributed by atoms with van der Waals surface area (Å²) in [6, 6.07) is 13.6. The first-order chi connectivity index (χ1) is 9.15. The standard InChI is InChI=1S/C15H14N2OS/c1-10-8-12-14(19-10)9-13(17(12)2)15(18)16-11-6-4-3-5-7-11/h3-9H,1-2H3,(H,16,18). The van der Waals surface area contributed by atoms with Crippen LogP contribution in [0.1, 0.15) is 15.4 Å². The Labute approximate surface area is 115 Å². The highest BCUT2D eigenvalue weighted by Gasteiger charge is 2.14. The minimum Gasteiger partial charge on any atom is -0.339 e. The Morgan fingerprint density at radius 3 is 2.63 bits per heavy atom. The van der Waals surface area contributed by atoms with Gasteiger partial charge in [0.25, 0.3) is 5.91 Å². The number of aromatic nitrogens is 1. The van der Waals surface area contributed by atoms with Gasteiger partial charge in [-0.2, -0.15) is 0 Å². The second kappa shape index (κ2) is 4.55. The fraction of sp³-hybridized carbons (Fsp3) is 0.133. The molecule has 1 amide bonds. The molecule has 0 spiro atoms. The van der Waals surface area contributed by atoms with Crippen LogP contribution in [0.5, 0.6) is 0 Å². The summed E-state index contributed by atoms with van der Waals surface area (Å²) < 4.78 is 3.09. The van der Waals surface area contributed by atoms with Crippen LogP contribution in [0.4, 0.5) is 5.69 Å². The van der Waals surface area contributed by atoms with Gasteiger partial charge < -0.3 is 9.88 Å². The molecule has 3 aromatic rings. The molecule has 4 heteroatoms. The van der Waals surface area contributed by atoms with E-state index in [2.05, 4.69) is 18.3 Å². The number of hydrogen-bond acceptors (Lipinski definition) is 2. The zero-order valence-corrected chi connectivity index (χ0v) is 11.6. The van der Waals surface area contributed by atoms with Crippen molar-refractivity contribution in [2.24, 2.45) is 7.05 Å². The van der Waals surface area contributed by atoms with Gasteiger partial charge in [-0.25, -0.2) is 0 Å². The molecule has 0 atom stereocenters. The summed E-state index contributed by atoms with van der Waals surface area (Å²) in [5.41, 5.74) is 2.61. The lowest BCUT2D eigenvalue weighted by Gasteiger charge is -2.06. The van der Waals surface area contributed by atoms with Gasteiger partial charge in [-0.1, -0.05) is 18.2 Å². The highest BCUT2D eigenvalue weighted by atomic mass is 32.1. The molecule has 0 aliphatic rings. The average molecular weight is 270 g/mol. The Balaban J connectivity index is 1.93. The summed E-state index contributed by atoms with van der Waals surface area (Å²) in [7, 11) is 1.92. The largest absolute Gasteiger partial charge is 0.339 e. The maximum absolute atomic E-state index is 12.3. The smallest absolute Gasteiger partial charge is 0.272 e. The Morgan fingerprint density at radius 1 is 1.21 bits per heavy atom. The number of nitrogens with one attached hydrogen (secondary N) is 1. The molecule has 1 N–H and O–H groups in total. The van der Waals surface area contributed by atoms with Crippen molar-refractivity contribution in [1.82, 2.24) is 4.57 Å². The van der Waals surface area contributed by atoms with E-state index in [1.807, 2.05) is 48.0 Å². The molecule has 2 aromatic heterocycles. The lowest BCUT2D eigenvalue weighted by Crippen LogP contribution is -2.15. The molecule has 0 saturated carbocycles. The summed E-state index contributed by atoms with van der Waals surface area (Å²) in [5.74, 6) is -0.0743. The number of hydrogen-bond donors (Lipinski definition) is 1. The summed E-state index contributed by atoms with van der Waals surface area (Å²) in [4.78, 5) is 13.5. The van der Waals surface area contributed by atoms with Crippen molar-refractivity contribution in [2.75, 3.05) is 5.32 Å². The Bertz CT molecular complexity index is 740. The van der Waals surface area contributed by atoms with Crippen molar-refractivity contribution in [3.8, 4) is 0 Å². The number of amides is 1. The fourth-order valence-corrected chi connectivity index (χ4v) is 3.16. The molecule has 3 rings (SSSR count). The number of fused-ring (bicyclic) bond motifs is 1. The lowest BCUT2D eigenvalue weighted by atomic mass is 10.3. The maximum atomic E-state index is 12.3. The van der Waals surface area contributed by atoms with Crippen LogP contribution in [0.15, 0.2) is 42.5 Å². The highest BCUT2D eigenvalue weighted by Crippen LogP contribution is 2.28. The Kier molecular flexibility index (Phi) is 2.87. The molecule has 3 nitrogen and oxygen atoms in total. The van der Waals surface area contributed by atoms with Crippen LogP contribution in [0, 0.1) is 6.92 Å². The van der Waals surface area contributed by atoms with Crippen molar-refractivity contribution < 1.29 is 4.79 Å². The molecule has 0 radical (unpaired) electrons. The lowest BCUT2D eigenvalue weighted by molar-refractivity contribution is 0.102. The van der Waals surface area contributed by atoms with Crippen molar-refractivity contribution in [3.05, 3.63) is 53.0 Å². The highest BCUT2D eigenvalue weighted by molar-refractivity contribution is 7.19. The van der Waals surface area contributed by atoms with Crippen molar-refractivity contribution >= 4 is 33.1 Å². The Hall–Kier alpha value is -2.07. The number of aryl methyl sites for hydroxylation is 2. The molecule has 0 aliphatic heterocycles. The molecule has 1 aromatic carbocycles. The van der Waals surface area contributed by atoms with Gasteiger partial charge in [0, 0.05) is 17.6 Å². The molecule has 0 bridgehead atoms. The third-order valence-corrected chi connectivity index (χ3v) is 4.10. The molecule has 0 aliphatic carbocycles. The number of thiophene rings is 1. The topological polar surface area (TPSA) is 34.0 Å². The molecule has 0 fully saturated rings. The fourth-order valence-electron chi connectivity index (χ4n) is 2.17. The van der Waals surface area contributed by atoms with E-state index in [9.17, 15) is 4.79 Å². The second-order valence-electron chi connectivity index (χ2n) is 4.52. The monoisotopic (exact) mass is 270 g/mol. The van der Waals surface area contributed by atoms with E-state index in [4.69, 9.17) is 0 Å². The normalized spacial score (nSPS) is 10.8. The van der Waals surface area contributed by atoms with Crippen molar-refractivity contribution in [2.45, 2.75) is 6.92 Å². The van der Waals surface area contributed by atoms with E-state index >= 15 is 0 Å². The maximum Gasteiger partial charge on any atom is 0.272 e. The van der Waals surface area contributed by atoms with Gasteiger partial charge in [0.1, 0.15) is 5.69 Å². The molecule has 2 heterocycles. The summed E-state index contributed by atoms with van der Waals surface area (Å²) >= 11 is 1.71. The van der Waals surface area contributed by atoms with E-state index in [0.29, 0.717) is 5.69 Å². The van der Waals surface area contributed by atoms with E-state index < -0.39 is 0 Å². The minimum absolute atomic E-state index is 0.0743. The summed E-state index contributed by atoms with van der Waals surface area (Å²) in [6.07, 6.45) is 0. The number of benzene rings is 1. The predicted molar refractivity (Wildman–Crippen MR) is 79.9 cm³/mol. The van der Waals surface area contributed by atoms with Crippen LogP contribution in [-0.2, 0) is 7.05 Å². The molecule has 0 saturated heterocycles. The molecular weight excluding hydrogens is 256 g/mol. The van der Waals surface area contributed by atoms with E-state index in [-0.39, 0.29) is 5.91 Å². The molecule has 19 heavy (non-hydrogen) atoms. The summed E-state index contributed by atoms with van der Waals surface area (Å²) in [6.45, 7) is 2.08. The molecule has 96 valence electrons. The number of nitrogens with zero attached hydrogens (tertiary/aromatic N) is 1. The van der Waals surface area contributed by atoms with Crippen LogP contribution in [-0.4, -0.2) is 10.5 Å². The van der Waals surface area contributed by atoms with Gasteiger partial charge >= 0.3 is 0 Å².